The minimum atomic E-state index is -0.763. The summed E-state index contributed by atoms with van der Waals surface area (Å²) in [6.45, 7) is 0.562. The lowest BCUT2D eigenvalue weighted by Gasteiger charge is -2.26. The van der Waals surface area contributed by atoms with Crippen molar-refractivity contribution in [2.24, 2.45) is 5.92 Å². The Morgan fingerprint density at radius 1 is 1.17 bits per heavy atom. The molecule has 1 aliphatic carbocycles. The van der Waals surface area contributed by atoms with Crippen molar-refractivity contribution in [3.05, 3.63) is 59.4 Å². The molecule has 0 amide bonds. The Bertz CT molecular complexity index is 641. The summed E-state index contributed by atoms with van der Waals surface area (Å²) in [6.07, 6.45) is 9.03. The molecule has 0 heterocycles. The molecule has 1 aromatic carbocycles. The smallest absolute Gasteiger partial charge is 0.199 e. The summed E-state index contributed by atoms with van der Waals surface area (Å²) in [7, 11) is 0. The number of allylic oxidation sites excluding steroid dienone is 4. The quantitative estimate of drug-likeness (QED) is 0.591. The van der Waals surface area contributed by atoms with E-state index < -0.39 is 5.83 Å². The average Bonchev–Trinajstić information content (AvgIpc) is 2.61. The zero-order valence-corrected chi connectivity index (χ0v) is 12.9. The maximum absolute atomic E-state index is 12.7. The second-order valence-corrected chi connectivity index (χ2v) is 5.67. The molecule has 1 saturated carbocycles. The number of hydrogen-bond donors (Lipinski definition) is 0. The fraction of sp³-hybridized carbons (Fsp3) is 0.368. The maximum Gasteiger partial charge on any atom is 0.199 e. The van der Waals surface area contributed by atoms with Gasteiger partial charge < -0.3 is 4.74 Å². The highest BCUT2D eigenvalue weighted by Crippen LogP contribution is 2.27. The molecule has 23 heavy (non-hydrogen) atoms. The number of hydrogen-bond acceptors (Lipinski definition) is 3. The first-order valence-electron chi connectivity index (χ1n) is 7.76. The SMILES string of the molecule is N#C/C(F)=C/C=C/C1CCC(OCc2ccc(C#N)cc2)CC1. The fourth-order valence-electron chi connectivity index (χ4n) is 2.67. The minimum Gasteiger partial charge on any atom is -0.374 e. The molecule has 1 aliphatic rings. The Labute approximate surface area is 136 Å². The van der Waals surface area contributed by atoms with E-state index in [1.165, 1.54) is 12.1 Å². The van der Waals surface area contributed by atoms with E-state index in [0.717, 1.165) is 31.2 Å². The van der Waals surface area contributed by atoms with E-state index in [0.29, 0.717) is 18.1 Å². The normalized spacial score (nSPS) is 21.8. The van der Waals surface area contributed by atoms with Crippen LogP contribution in [0.1, 0.15) is 36.8 Å². The highest BCUT2D eigenvalue weighted by Gasteiger charge is 2.19. The van der Waals surface area contributed by atoms with Gasteiger partial charge in [0.1, 0.15) is 6.07 Å². The zero-order valence-electron chi connectivity index (χ0n) is 12.9. The molecule has 0 atom stereocenters. The summed E-state index contributed by atoms with van der Waals surface area (Å²) >= 11 is 0. The largest absolute Gasteiger partial charge is 0.374 e. The Morgan fingerprint density at radius 2 is 1.87 bits per heavy atom. The van der Waals surface area contributed by atoms with Gasteiger partial charge in [-0.05, 0) is 55.4 Å². The van der Waals surface area contributed by atoms with E-state index >= 15 is 0 Å². The van der Waals surface area contributed by atoms with Gasteiger partial charge in [-0.2, -0.15) is 14.9 Å². The van der Waals surface area contributed by atoms with Gasteiger partial charge in [-0.25, -0.2) is 0 Å². The van der Waals surface area contributed by atoms with Crippen molar-refractivity contribution in [3.8, 4) is 12.1 Å². The van der Waals surface area contributed by atoms with Crippen LogP contribution >= 0.6 is 0 Å². The van der Waals surface area contributed by atoms with Gasteiger partial charge in [0.25, 0.3) is 0 Å². The lowest BCUT2D eigenvalue weighted by molar-refractivity contribution is 0.0110. The van der Waals surface area contributed by atoms with Crippen LogP contribution in [0.3, 0.4) is 0 Å². The number of benzene rings is 1. The van der Waals surface area contributed by atoms with Gasteiger partial charge in [0.05, 0.1) is 24.3 Å². The number of rotatable bonds is 5. The molecule has 0 bridgehead atoms. The lowest BCUT2D eigenvalue weighted by Crippen LogP contribution is -2.20. The summed E-state index contributed by atoms with van der Waals surface area (Å²) in [5.41, 5.74) is 1.73. The summed E-state index contributed by atoms with van der Waals surface area (Å²) < 4.78 is 18.6. The van der Waals surface area contributed by atoms with Gasteiger partial charge in [0.2, 0.25) is 0 Å². The van der Waals surface area contributed by atoms with Crippen LogP contribution in [-0.4, -0.2) is 6.10 Å². The fourth-order valence-corrected chi connectivity index (χ4v) is 2.67. The van der Waals surface area contributed by atoms with E-state index in [1.807, 2.05) is 18.2 Å². The lowest BCUT2D eigenvalue weighted by atomic mass is 9.87. The van der Waals surface area contributed by atoms with Gasteiger partial charge >= 0.3 is 0 Å². The Kier molecular flexibility index (Phi) is 6.54. The summed E-state index contributed by atoms with van der Waals surface area (Å²) in [5, 5.41) is 17.1. The number of ether oxygens (including phenoxy) is 1. The molecule has 0 saturated heterocycles. The van der Waals surface area contributed by atoms with E-state index in [-0.39, 0.29) is 6.10 Å². The first-order chi connectivity index (χ1) is 11.2. The van der Waals surface area contributed by atoms with E-state index in [1.54, 1.807) is 18.2 Å². The minimum absolute atomic E-state index is 0.252. The molecule has 0 aliphatic heterocycles. The van der Waals surface area contributed by atoms with Crippen LogP contribution < -0.4 is 0 Å². The Hall–Kier alpha value is -2.43. The molecule has 0 spiro atoms. The first-order valence-corrected chi connectivity index (χ1v) is 7.76. The maximum atomic E-state index is 12.7. The number of nitrogens with zero attached hydrogens (tertiary/aromatic N) is 2. The highest BCUT2D eigenvalue weighted by molar-refractivity contribution is 5.31. The molecular weight excluding hydrogens is 291 g/mol. The molecule has 4 heteroatoms. The van der Waals surface area contributed by atoms with Crippen LogP contribution in [0.4, 0.5) is 4.39 Å². The molecule has 1 fully saturated rings. The average molecular weight is 310 g/mol. The highest BCUT2D eigenvalue weighted by atomic mass is 19.1. The molecule has 2 rings (SSSR count). The van der Waals surface area contributed by atoms with Crippen LogP contribution in [0.2, 0.25) is 0 Å². The van der Waals surface area contributed by atoms with E-state index in [9.17, 15) is 4.39 Å². The van der Waals surface area contributed by atoms with Crippen LogP contribution in [-0.2, 0) is 11.3 Å². The van der Waals surface area contributed by atoms with Crippen LogP contribution in [0.5, 0.6) is 0 Å². The summed E-state index contributed by atoms with van der Waals surface area (Å²) in [5.74, 6) is -0.340. The third kappa shape index (κ3) is 5.70. The molecule has 1 aromatic rings. The zero-order chi connectivity index (χ0) is 16.5. The Morgan fingerprint density at radius 3 is 2.48 bits per heavy atom. The topological polar surface area (TPSA) is 56.8 Å². The molecule has 3 nitrogen and oxygen atoms in total. The van der Waals surface area contributed by atoms with Gasteiger partial charge in [-0.3, -0.25) is 0 Å². The summed E-state index contributed by atoms with van der Waals surface area (Å²) in [6, 6.07) is 11.0. The molecule has 118 valence electrons. The van der Waals surface area contributed by atoms with E-state index in [4.69, 9.17) is 15.3 Å². The molecule has 0 N–H and O–H groups in total. The molecule has 0 aromatic heterocycles. The van der Waals surface area contributed by atoms with Gasteiger partial charge in [0.15, 0.2) is 5.83 Å². The van der Waals surface area contributed by atoms with Crippen LogP contribution in [0, 0.1) is 28.6 Å². The van der Waals surface area contributed by atoms with Crippen molar-refractivity contribution in [1.29, 1.82) is 10.5 Å². The van der Waals surface area contributed by atoms with Crippen molar-refractivity contribution in [2.45, 2.75) is 38.4 Å². The monoisotopic (exact) mass is 310 g/mol. The predicted octanol–water partition coefficient (Wildman–Crippen LogP) is 4.57. The first kappa shape index (κ1) is 16.9. The Balaban J connectivity index is 1.72. The van der Waals surface area contributed by atoms with Crippen LogP contribution in [0.25, 0.3) is 0 Å². The van der Waals surface area contributed by atoms with Gasteiger partial charge in [-0.15, -0.1) is 0 Å². The van der Waals surface area contributed by atoms with Gasteiger partial charge in [0, 0.05) is 0 Å². The molecule has 0 unspecified atom stereocenters. The summed E-state index contributed by atoms with van der Waals surface area (Å²) in [4.78, 5) is 0. The van der Waals surface area contributed by atoms with Crippen LogP contribution in [0.15, 0.2) is 48.3 Å². The molecular formula is C19H19FN2O. The van der Waals surface area contributed by atoms with Crippen molar-refractivity contribution in [1.82, 2.24) is 0 Å². The number of nitriles is 2. The number of halogens is 1. The third-order valence-electron chi connectivity index (χ3n) is 4.02. The van der Waals surface area contributed by atoms with Gasteiger partial charge in [-0.1, -0.05) is 24.3 Å². The standard InChI is InChI=1S/C19H19FN2O/c20-18(13-22)3-1-2-15-8-10-19(11-9-15)23-14-17-6-4-16(12-21)5-7-17/h1-7,15,19H,8-11,14H2/b2-1+,18-3-. The second-order valence-electron chi connectivity index (χ2n) is 5.67. The van der Waals surface area contributed by atoms with E-state index in [2.05, 4.69) is 6.07 Å². The second kappa shape index (κ2) is 8.88. The molecule has 0 radical (unpaired) electrons. The van der Waals surface area contributed by atoms with Crippen molar-refractivity contribution < 1.29 is 9.13 Å². The predicted molar refractivity (Wildman–Crippen MR) is 85.6 cm³/mol. The third-order valence-corrected chi connectivity index (χ3v) is 4.02. The van der Waals surface area contributed by atoms with Crippen molar-refractivity contribution in [3.63, 3.8) is 0 Å². The van der Waals surface area contributed by atoms with Crippen molar-refractivity contribution >= 4 is 0 Å². The van der Waals surface area contributed by atoms with Crippen molar-refractivity contribution in [2.75, 3.05) is 0 Å².